The summed E-state index contributed by atoms with van der Waals surface area (Å²) in [5, 5.41) is 48.1. The van der Waals surface area contributed by atoms with Gasteiger partial charge in [-0.1, -0.05) is 60.7 Å². The molecule has 12 amide bonds. The van der Waals surface area contributed by atoms with Gasteiger partial charge in [-0.25, -0.2) is 0 Å². The van der Waals surface area contributed by atoms with Crippen LogP contribution in [0.25, 0.3) is 0 Å². The lowest BCUT2D eigenvalue weighted by Gasteiger charge is -2.26. The Morgan fingerprint density at radius 1 is 0.459 bits per heavy atom. The number of aliphatic hydroxyl groups excluding tert-OH is 2. The minimum absolute atomic E-state index is 0.0158. The van der Waals surface area contributed by atoms with E-state index in [1.165, 1.54) is 20.8 Å². The first kappa shape index (κ1) is 84.5. The van der Waals surface area contributed by atoms with Crippen LogP contribution in [0.1, 0.15) is 96.1 Å². The fourth-order valence-corrected chi connectivity index (χ4v) is 9.59. The molecule has 0 aliphatic heterocycles. The third kappa shape index (κ3) is 34.9. The molecule has 0 aromatic heterocycles. The lowest BCUT2D eigenvalue weighted by Crippen LogP contribution is -2.60. The molecule has 2 aromatic carbocycles. The highest BCUT2D eigenvalue weighted by Crippen LogP contribution is 2.10. The average molecular weight is 1380 g/mol. The van der Waals surface area contributed by atoms with E-state index < -0.39 is 151 Å². The number of nitrogens with zero attached hydrogens (tertiary/aromatic N) is 3. The van der Waals surface area contributed by atoms with Gasteiger partial charge in [0.2, 0.25) is 70.9 Å². The van der Waals surface area contributed by atoms with Gasteiger partial charge in [-0.2, -0.15) is 0 Å². The van der Waals surface area contributed by atoms with Crippen LogP contribution in [0.2, 0.25) is 0 Å². The summed E-state index contributed by atoms with van der Waals surface area (Å²) in [4.78, 5) is 171. The molecule has 98 heavy (non-hydrogen) atoms. The molecule has 0 radical (unpaired) electrons. The number of guanidine groups is 2. The number of unbranched alkanes of at least 4 members (excludes halogenated alkanes) is 2. The third-order valence-electron chi connectivity index (χ3n) is 14.8. The normalized spacial score (nSPS) is 14.3. The minimum Gasteiger partial charge on any atom is -0.394 e. The van der Waals surface area contributed by atoms with Gasteiger partial charge in [-0.05, 0) is 123 Å². The molecule has 0 aliphatic carbocycles. The van der Waals surface area contributed by atoms with Crippen molar-refractivity contribution < 1.29 is 67.7 Å². The maximum atomic E-state index is 14.1. The number of aliphatic imine (C=N–C) groups is 2. The van der Waals surface area contributed by atoms with Gasteiger partial charge in [0.05, 0.1) is 32.3 Å². The van der Waals surface area contributed by atoms with Crippen molar-refractivity contribution in [1.82, 2.24) is 63.4 Å². The van der Waals surface area contributed by atoms with Crippen molar-refractivity contribution in [2.75, 3.05) is 66.0 Å². The van der Waals surface area contributed by atoms with Gasteiger partial charge < -0.3 is 115 Å². The number of likely N-dealkylation sites (N-methyl/N-ethyl adjacent to an activating group) is 1. The molecule has 0 unspecified atom stereocenters. The first-order valence-electron chi connectivity index (χ1n) is 32.4. The Bertz CT molecular complexity index is 2940. The Balaban J connectivity index is 2.18. The average Bonchev–Trinajstić information content (AvgIpc) is 0.892. The molecule has 2 rings (SSSR count). The highest BCUT2D eigenvalue weighted by molar-refractivity contribution is 5.99. The van der Waals surface area contributed by atoms with Gasteiger partial charge in [0, 0.05) is 32.1 Å². The standard InChI is InChI=1S/C62H104N22O14/c1-36(75-48(87)32-74-60(98)51(38(3)86)83-58(96)46(30-40-19-9-6-10-20-40)77-49(88)31-73-50(89)34-84(4)33-41(65)29-39-17-7-5-8-18-39)53(91)79-45(24-16-28-72-62(69)70)56(94)81-43(22-12-14-26-64)57(95)82-47(35-85)59(97)76-37(2)54(92)80-44(23-15-27-71-61(67)68)55(93)78-42(52(66)90)21-11-13-25-63/h5-10,17-20,36-38,41-47,51,85-86H,11-16,21-35,63-65H2,1-4H3,(H2,66,90)(H,73,89)(H,74,98)(H,75,87)(H,76,97)(H,77,88)(H,78,93)(H,79,91)(H,80,92)(H,81,94)(H,82,95)(H,83,96)(H4,67,68,71)(H4,69,70,72)/t36-,37-,38+,41-,42-,43-,44-,45-,46-,47-,51-/m0/s1. The summed E-state index contributed by atoms with van der Waals surface area (Å²) in [6.07, 6.45) is 0.757. The first-order chi connectivity index (χ1) is 46.5. The van der Waals surface area contributed by atoms with E-state index in [0.717, 1.165) is 5.56 Å². The topological polar surface area (TPSA) is 614 Å². The number of aliphatic hydroxyl groups is 2. The number of benzene rings is 2. The zero-order valence-electron chi connectivity index (χ0n) is 56.2. The summed E-state index contributed by atoms with van der Waals surface area (Å²) in [5.41, 5.74) is 46.6. The number of carbonyl (C=O) groups is 12. The highest BCUT2D eigenvalue weighted by atomic mass is 16.3. The zero-order valence-corrected chi connectivity index (χ0v) is 56.2. The molecular formula is C62H104N22O14. The summed E-state index contributed by atoms with van der Waals surface area (Å²) in [7, 11) is 1.71. The van der Waals surface area contributed by atoms with Gasteiger partial charge in [-0.3, -0.25) is 72.4 Å². The van der Waals surface area contributed by atoms with Crippen molar-refractivity contribution in [3.8, 4) is 0 Å². The number of carbonyl (C=O) groups excluding carboxylic acids is 12. The number of hydrogen-bond donors (Lipinski definition) is 21. The van der Waals surface area contributed by atoms with Crippen LogP contribution < -0.4 is 104 Å². The Labute approximate surface area is 570 Å². The molecule has 2 aromatic rings. The van der Waals surface area contributed by atoms with Crippen molar-refractivity contribution in [3.05, 3.63) is 71.8 Å². The summed E-state index contributed by atoms with van der Waals surface area (Å²) in [5.74, 6) is -11.0. The molecule has 0 aliphatic rings. The van der Waals surface area contributed by atoms with Crippen molar-refractivity contribution in [2.45, 2.75) is 164 Å². The minimum atomic E-state index is -1.72. The molecule has 0 spiro atoms. The third-order valence-corrected chi connectivity index (χ3v) is 14.8. The van der Waals surface area contributed by atoms with E-state index in [2.05, 4.69) is 68.5 Å². The fraction of sp³-hybridized carbons (Fsp3) is 0.581. The van der Waals surface area contributed by atoms with Gasteiger partial charge >= 0.3 is 0 Å². The van der Waals surface area contributed by atoms with E-state index in [0.29, 0.717) is 44.3 Å². The monoisotopic (exact) mass is 1380 g/mol. The van der Waals surface area contributed by atoms with E-state index in [1.54, 1.807) is 42.3 Å². The fourth-order valence-electron chi connectivity index (χ4n) is 9.59. The predicted octanol–water partition coefficient (Wildman–Crippen LogP) is -8.41. The second kappa shape index (κ2) is 46.5. The van der Waals surface area contributed by atoms with Gasteiger partial charge in [0.15, 0.2) is 11.9 Å². The van der Waals surface area contributed by atoms with Gasteiger partial charge in [0.1, 0.15) is 54.4 Å². The Morgan fingerprint density at radius 2 is 0.867 bits per heavy atom. The maximum absolute atomic E-state index is 14.1. The van der Waals surface area contributed by atoms with Crippen LogP contribution in [0.5, 0.6) is 0 Å². The van der Waals surface area contributed by atoms with Crippen LogP contribution in [-0.2, 0) is 70.4 Å². The highest BCUT2D eigenvalue weighted by Gasteiger charge is 2.34. The SMILES string of the molecule is C[C@H](NC(=O)CNC(=O)[C@@H](NC(=O)[C@H](Cc1ccccc1)NC(=O)CNC(=O)CN(C)C[C@@H](N)Cc1ccccc1)[C@@H](C)O)C(=O)N[C@@H](CCCN=C(N)N)C(=O)N[C@@H](CCCCN)C(=O)N[C@@H](CO)C(=O)N[C@@H](C)C(=O)N[C@@H](CCCN=C(N)N)C(=O)N[C@@H](CCCCN)C(N)=O. The molecule has 0 saturated heterocycles. The molecule has 0 saturated carbocycles. The molecule has 0 fully saturated rings. The zero-order chi connectivity index (χ0) is 73.3. The molecule has 36 nitrogen and oxygen atoms in total. The van der Waals surface area contributed by atoms with Crippen LogP contribution in [0.3, 0.4) is 0 Å². The van der Waals surface area contributed by atoms with Crippen LogP contribution in [-0.4, -0.2) is 230 Å². The molecule has 11 atom stereocenters. The second-order valence-electron chi connectivity index (χ2n) is 23.6. The summed E-state index contributed by atoms with van der Waals surface area (Å²) in [6, 6.07) is 5.06. The van der Waals surface area contributed by atoms with Crippen molar-refractivity contribution in [1.29, 1.82) is 0 Å². The lowest BCUT2D eigenvalue weighted by molar-refractivity contribution is -0.136. The molecule has 546 valence electrons. The number of nitrogens with two attached hydrogens (primary N) is 8. The Kier molecular flexibility index (Phi) is 40.1. The largest absolute Gasteiger partial charge is 0.394 e. The quantitative estimate of drug-likeness (QED) is 0.0166. The summed E-state index contributed by atoms with van der Waals surface area (Å²) in [6.45, 7) is 2.26. The number of amides is 12. The lowest BCUT2D eigenvalue weighted by atomic mass is 10.0. The first-order valence-corrected chi connectivity index (χ1v) is 32.4. The molecule has 0 bridgehead atoms. The number of nitrogens with one attached hydrogen (secondary N) is 11. The molecule has 36 heteroatoms. The van der Waals surface area contributed by atoms with E-state index >= 15 is 0 Å². The van der Waals surface area contributed by atoms with Crippen molar-refractivity contribution >= 4 is 82.8 Å². The van der Waals surface area contributed by atoms with Crippen LogP contribution in [0.4, 0.5) is 0 Å². The Morgan fingerprint density at radius 3 is 1.34 bits per heavy atom. The van der Waals surface area contributed by atoms with Gasteiger partial charge in [0.25, 0.3) is 0 Å². The van der Waals surface area contributed by atoms with E-state index in [4.69, 9.17) is 45.9 Å². The van der Waals surface area contributed by atoms with Crippen molar-refractivity contribution in [3.63, 3.8) is 0 Å². The van der Waals surface area contributed by atoms with E-state index in [-0.39, 0.29) is 95.5 Å². The summed E-state index contributed by atoms with van der Waals surface area (Å²) < 4.78 is 0. The predicted molar refractivity (Wildman–Crippen MR) is 364 cm³/mol. The second-order valence-corrected chi connectivity index (χ2v) is 23.6. The number of rotatable bonds is 48. The number of primary amides is 1. The Hall–Kier alpha value is -9.62. The summed E-state index contributed by atoms with van der Waals surface area (Å²) >= 11 is 0. The van der Waals surface area contributed by atoms with E-state index in [1.807, 2.05) is 30.3 Å². The van der Waals surface area contributed by atoms with Crippen LogP contribution in [0, 0.1) is 0 Å². The van der Waals surface area contributed by atoms with Crippen LogP contribution >= 0.6 is 0 Å². The smallest absolute Gasteiger partial charge is 0.245 e. The van der Waals surface area contributed by atoms with Gasteiger partial charge in [-0.15, -0.1) is 0 Å². The van der Waals surface area contributed by atoms with Crippen LogP contribution in [0.15, 0.2) is 70.6 Å². The number of hydrogen-bond acceptors (Lipinski definition) is 20. The maximum Gasteiger partial charge on any atom is 0.245 e. The molecular weight excluding hydrogens is 1280 g/mol. The molecule has 29 N–H and O–H groups in total. The molecule has 0 heterocycles. The van der Waals surface area contributed by atoms with Crippen molar-refractivity contribution in [2.24, 2.45) is 55.9 Å². The van der Waals surface area contributed by atoms with E-state index in [9.17, 15) is 67.7 Å².